The van der Waals surface area contributed by atoms with Gasteiger partial charge in [0.15, 0.2) is 0 Å². The number of nitrogens with one attached hydrogen (secondary N) is 2. The SMILES string of the molecule is O=C(NCCc1ccccc1)c1[nH]c2ccc(Cl)cc2c1S(=O)(=O)c1ccccc1. The molecule has 0 aliphatic heterocycles. The van der Waals surface area contributed by atoms with Crippen molar-refractivity contribution in [3.8, 4) is 0 Å². The van der Waals surface area contributed by atoms with Crippen molar-refractivity contribution in [2.24, 2.45) is 0 Å². The quantitative estimate of drug-likeness (QED) is 0.460. The third-order valence-electron chi connectivity index (χ3n) is 4.80. The van der Waals surface area contributed by atoms with Crippen LogP contribution < -0.4 is 5.32 Å². The van der Waals surface area contributed by atoms with Gasteiger partial charge in [-0.3, -0.25) is 4.79 Å². The molecule has 1 heterocycles. The number of amides is 1. The van der Waals surface area contributed by atoms with Crippen molar-refractivity contribution in [3.05, 3.63) is 95.1 Å². The van der Waals surface area contributed by atoms with Gasteiger partial charge in [0.05, 0.1) is 4.90 Å². The Hall–Kier alpha value is -3.09. The minimum Gasteiger partial charge on any atom is -0.350 e. The Kier molecular flexibility index (Phi) is 5.61. The van der Waals surface area contributed by atoms with Crippen LogP contribution in [-0.4, -0.2) is 25.9 Å². The van der Waals surface area contributed by atoms with Crippen LogP contribution in [0, 0.1) is 0 Å². The molecule has 4 aromatic rings. The van der Waals surface area contributed by atoms with Crippen LogP contribution in [0.5, 0.6) is 0 Å². The van der Waals surface area contributed by atoms with E-state index in [2.05, 4.69) is 10.3 Å². The zero-order chi connectivity index (χ0) is 21.1. The molecule has 1 amide bonds. The Morgan fingerprint density at radius 1 is 0.933 bits per heavy atom. The maximum absolute atomic E-state index is 13.4. The van der Waals surface area contributed by atoms with E-state index in [1.807, 2.05) is 30.3 Å². The van der Waals surface area contributed by atoms with Crippen molar-refractivity contribution in [1.29, 1.82) is 0 Å². The average molecular weight is 439 g/mol. The lowest BCUT2D eigenvalue weighted by Crippen LogP contribution is -2.27. The fraction of sp³-hybridized carbons (Fsp3) is 0.0870. The maximum atomic E-state index is 13.4. The third-order valence-corrected chi connectivity index (χ3v) is 6.89. The molecule has 152 valence electrons. The summed E-state index contributed by atoms with van der Waals surface area (Å²) in [5, 5.41) is 3.60. The van der Waals surface area contributed by atoms with Gasteiger partial charge in [0.1, 0.15) is 10.6 Å². The molecule has 0 saturated carbocycles. The molecule has 5 nitrogen and oxygen atoms in total. The number of carbonyl (C=O) groups excluding carboxylic acids is 1. The van der Waals surface area contributed by atoms with Gasteiger partial charge in [0, 0.05) is 22.5 Å². The lowest BCUT2D eigenvalue weighted by atomic mass is 10.1. The molecule has 0 unspecified atom stereocenters. The van der Waals surface area contributed by atoms with Crippen LogP contribution in [0.2, 0.25) is 5.02 Å². The number of carbonyl (C=O) groups is 1. The smallest absolute Gasteiger partial charge is 0.269 e. The van der Waals surface area contributed by atoms with Crippen molar-refractivity contribution in [1.82, 2.24) is 10.3 Å². The Bertz CT molecular complexity index is 1300. The number of fused-ring (bicyclic) bond motifs is 1. The van der Waals surface area contributed by atoms with E-state index in [1.165, 1.54) is 12.1 Å². The van der Waals surface area contributed by atoms with Crippen LogP contribution in [0.1, 0.15) is 16.1 Å². The summed E-state index contributed by atoms with van der Waals surface area (Å²) < 4.78 is 26.8. The minimum absolute atomic E-state index is 0.00387. The van der Waals surface area contributed by atoms with Crippen LogP contribution in [-0.2, 0) is 16.3 Å². The number of hydrogen-bond donors (Lipinski definition) is 2. The normalized spacial score (nSPS) is 11.5. The van der Waals surface area contributed by atoms with E-state index in [0.717, 1.165) is 5.56 Å². The minimum atomic E-state index is -3.94. The molecule has 0 radical (unpaired) electrons. The summed E-state index contributed by atoms with van der Waals surface area (Å²) in [5.41, 5.74) is 1.62. The van der Waals surface area contributed by atoms with E-state index in [-0.39, 0.29) is 15.5 Å². The van der Waals surface area contributed by atoms with E-state index < -0.39 is 15.7 Å². The first kappa shape index (κ1) is 20.2. The molecule has 3 aromatic carbocycles. The van der Waals surface area contributed by atoms with Crippen LogP contribution >= 0.6 is 11.6 Å². The molecule has 7 heteroatoms. The molecular weight excluding hydrogens is 420 g/mol. The maximum Gasteiger partial charge on any atom is 0.269 e. The molecule has 4 rings (SSSR count). The number of aromatic amines is 1. The van der Waals surface area contributed by atoms with Crippen molar-refractivity contribution in [2.75, 3.05) is 6.54 Å². The number of hydrogen-bond acceptors (Lipinski definition) is 3. The van der Waals surface area contributed by atoms with E-state index in [0.29, 0.717) is 28.9 Å². The monoisotopic (exact) mass is 438 g/mol. The van der Waals surface area contributed by atoms with Crippen molar-refractivity contribution < 1.29 is 13.2 Å². The van der Waals surface area contributed by atoms with Gasteiger partial charge in [-0.2, -0.15) is 0 Å². The summed E-state index contributed by atoms with van der Waals surface area (Å²) >= 11 is 6.12. The molecule has 0 bridgehead atoms. The van der Waals surface area contributed by atoms with Crippen molar-refractivity contribution in [3.63, 3.8) is 0 Å². The third kappa shape index (κ3) is 3.97. The summed E-state index contributed by atoms with van der Waals surface area (Å²) in [5.74, 6) is -0.479. The summed E-state index contributed by atoms with van der Waals surface area (Å²) in [6.07, 6.45) is 0.638. The molecule has 0 fully saturated rings. The number of halogens is 1. The first-order valence-electron chi connectivity index (χ1n) is 9.40. The molecule has 1 aromatic heterocycles. The molecule has 0 saturated heterocycles. The standard InChI is InChI=1S/C23H19ClN2O3S/c24-17-11-12-20-19(15-17)22(30(28,29)18-9-5-2-6-10-18)21(26-20)23(27)25-14-13-16-7-3-1-4-8-16/h1-12,15,26H,13-14H2,(H,25,27). The summed E-state index contributed by atoms with van der Waals surface area (Å²) in [4.78, 5) is 16.0. The van der Waals surface area contributed by atoms with E-state index in [9.17, 15) is 13.2 Å². The highest BCUT2D eigenvalue weighted by atomic mass is 35.5. The Labute approximate surface area is 179 Å². The first-order valence-corrected chi connectivity index (χ1v) is 11.3. The summed E-state index contributed by atoms with van der Waals surface area (Å²) in [6, 6.07) is 22.7. The Morgan fingerprint density at radius 2 is 1.60 bits per heavy atom. The van der Waals surface area contributed by atoms with Gasteiger partial charge in [0.25, 0.3) is 5.91 Å². The highest BCUT2D eigenvalue weighted by molar-refractivity contribution is 7.91. The predicted octanol–water partition coefficient (Wildman–Crippen LogP) is 4.63. The second kappa shape index (κ2) is 8.34. The number of rotatable bonds is 6. The van der Waals surface area contributed by atoms with Gasteiger partial charge in [-0.1, -0.05) is 60.1 Å². The molecule has 2 N–H and O–H groups in total. The van der Waals surface area contributed by atoms with Crippen molar-refractivity contribution >= 4 is 38.2 Å². The van der Waals surface area contributed by atoms with Gasteiger partial charge in [-0.15, -0.1) is 0 Å². The van der Waals surface area contributed by atoms with Gasteiger partial charge in [-0.25, -0.2) is 8.42 Å². The Morgan fingerprint density at radius 3 is 2.30 bits per heavy atom. The van der Waals surface area contributed by atoms with Gasteiger partial charge < -0.3 is 10.3 Å². The average Bonchev–Trinajstić information content (AvgIpc) is 3.14. The fourth-order valence-electron chi connectivity index (χ4n) is 3.35. The van der Waals surface area contributed by atoms with Crippen LogP contribution in [0.15, 0.2) is 88.7 Å². The predicted molar refractivity (Wildman–Crippen MR) is 118 cm³/mol. The summed E-state index contributed by atoms with van der Waals surface area (Å²) in [6.45, 7) is 0.379. The van der Waals surface area contributed by atoms with Crippen LogP contribution in [0.3, 0.4) is 0 Å². The highest BCUT2D eigenvalue weighted by Gasteiger charge is 2.29. The lowest BCUT2D eigenvalue weighted by molar-refractivity contribution is 0.0946. The van der Waals surface area contributed by atoms with Gasteiger partial charge >= 0.3 is 0 Å². The molecule has 0 aliphatic carbocycles. The molecule has 30 heavy (non-hydrogen) atoms. The second-order valence-electron chi connectivity index (χ2n) is 6.83. The molecular formula is C23H19ClN2O3S. The first-order chi connectivity index (χ1) is 14.5. The zero-order valence-corrected chi connectivity index (χ0v) is 17.5. The molecule has 0 spiro atoms. The molecule has 0 atom stereocenters. The van der Waals surface area contributed by atoms with Crippen molar-refractivity contribution in [2.45, 2.75) is 16.2 Å². The van der Waals surface area contributed by atoms with E-state index >= 15 is 0 Å². The Balaban J connectivity index is 1.72. The number of sulfone groups is 1. The fourth-order valence-corrected chi connectivity index (χ4v) is 5.14. The molecule has 0 aliphatic rings. The number of benzene rings is 3. The highest BCUT2D eigenvalue weighted by Crippen LogP contribution is 2.33. The van der Waals surface area contributed by atoms with E-state index in [1.54, 1.807) is 36.4 Å². The van der Waals surface area contributed by atoms with Gasteiger partial charge in [0.2, 0.25) is 9.84 Å². The number of H-pyrrole nitrogens is 1. The summed E-state index contributed by atoms with van der Waals surface area (Å²) in [7, 11) is -3.94. The van der Waals surface area contributed by atoms with Gasteiger partial charge in [-0.05, 0) is 42.3 Å². The largest absolute Gasteiger partial charge is 0.350 e. The van der Waals surface area contributed by atoms with E-state index in [4.69, 9.17) is 11.6 Å². The van der Waals surface area contributed by atoms with Crippen LogP contribution in [0.4, 0.5) is 0 Å². The topological polar surface area (TPSA) is 79.0 Å². The lowest BCUT2D eigenvalue weighted by Gasteiger charge is -2.08. The second-order valence-corrected chi connectivity index (χ2v) is 9.15. The van der Waals surface area contributed by atoms with Crippen LogP contribution in [0.25, 0.3) is 10.9 Å². The number of aromatic nitrogens is 1. The zero-order valence-electron chi connectivity index (χ0n) is 15.9.